The quantitative estimate of drug-likeness (QED) is 0.892. The van der Waals surface area contributed by atoms with Gasteiger partial charge in [0.1, 0.15) is 5.75 Å². The molecule has 1 aliphatic carbocycles. The van der Waals surface area contributed by atoms with Crippen molar-refractivity contribution in [1.29, 1.82) is 0 Å². The van der Waals surface area contributed by atoms with Gasteiger partial charge in [-0.2, -0.15) is 0 Å². The molecule has 2 aromatic rings. The van der Waals surface area contributed by atoms with Gasteiger partial charge in [-0.15, -0.1) is 0 Å². The normalized spacial score (nSPS) is 21.3. The van der Waals surface area contributed by atoms with Crippen molar-refractivity contribution in [2.75, 3.05) is 6.61 Å². The van der Waals surface area contributed by atoms with E-state index in [1.807, 2.05) is 24.4 Å². The highest BCUT2D eigenvalue weighted by molar-refractivity contribution is 5.29. The lowest BCUT2D eigenvalue weighted by atomic mass is 10.1. The molecule has 1 saturated carbocycles. The first-order valence-corrected chi connectivity index (χ1v) is 6.58. The summed E-state index contributed by atoms with van der Waals surface area (Å²) in [4.78, 5) is 4.02. The Bertz CT molecular complexity index is 541. The molecule has 3 heteroatoms. The van der Waals surface area contributed by atoms with Crippen LogP contribution in [0.15, 0.2) is 48.8 Å². The number of ether oxygens (including phenoxy) is 1. The van der Waals surface area contributed by atoms with Crippen molar-refractivity contribution in [2.45, 2.75) is 18.9 Å². The molecule has 1 aromatic heterocycles. The summed E-state index contributed by atoms with van der Waals surface area (Å²) in [5, 5.41) is 9.41. The molecule has 19 heavy (non-hydrogen) atoms. The first-order valence-electron chi connectivity index (χ1n) is 6.58. The van der Waals surface area contributed by atoms with Crippen LogP contribution >= 0.6 is 0 Å². The van der Waals surface area contributed by atoms with Gasteiger partial charge in [-0.1, -0.05) is 30.3 Å². The second-order valence-corrected chi connectivity index (χ2v) is 5.08. The molecule has 0 amide bonds. The summed E-state index contributed by atoms with van der Waals surface area (Å²) in [5.74, 6) is 1.30. The smallest absolute Gasteiger partial charge is 0.134 e. The Labute approximate surface area is 112 Å². The monoisotopic (exact) mass is 255 g/mol. The van der Waals surface area contributed by atoms with Crippen LogP contribution in [0.1, 0.15) is 23.5 Å². The Morgan fingerprint density at radius 3 is 2.84 bits per heavy atom. The highest BCUT2D eigenvalue weighted by atomic mass is 16.5. The molecule has 98 valence electrons. The lowest BCUT2D eigenvalue weighted by Gasteiger charge is -2.04. The number of pyridine rings is 1. The molecule has 0 spiro atoms. The predicted octanol–water partition coefficient (Wildman–Crippen LogP) is 3.11. The van der Waals surface area contributed by atoms with Gasteiger partial charge in [-0.05, 0) is 35.4 Å². The summed E-state index contributed by atoms with van der Waals surface area (Å²) >= 11 is 0. The van der Waals surface area contributed by atoms with Crippen molar-refractivity contribution in [3.05, 3.63) is 59.9 Å². The van der Waals surface area contributed by atoms with Crippen LogP contribution < -0.4 is 0 Å². The first kappa shape index (κ1) is 12.2. The summed E-state index contributed by atoms with van der Waals surface area (Å²) in [6.45, 7) is 1.44. The molecule has 0 aliphatic heterocycles. The van der Waals surface area contributed by atoms with Gasteiger partial charge in [0.15, 0.2) is 0 Å². The van der Waals surface area contributed by atoms with Crippen molar-refractivity contribution in [3.8, 4) is 5.75 Å². The van der Waals surface area contributed by atoms with E-state index in [4.69, 9.17) is 4.74 Å². The molecule has 1 fully saturated rings. The van der Waals surface area contributed by atoms with Crippen LogP contribution in [-0.2, 0) is 11.3 Å². The van der Waals surface area contributed by atoms with Gasteiger partial charge in [0, 0.05) is 6.20 Å². The molecule has 2 unspecified atom stereocenters. The number of aromatic hydroxyl groups is 1. The fraction of sp³-hybridized carbons (Fsp3) is 0.312. The third-order valence-corrected chi connectivity index (χ3v) is 3.54. The van der Waals surface area contributed by atoms with Crippen LogP contribution in [0.25, 0.3) is 0 Å². The molecule has 3 rings (SSSR count). The minimum atomic E-state index is 0.244. The summed E-state index contributed by atoms with van der Waals surface area (Å²) < 4.78 is 5.74. The minimum Gasteiger partial charge on any atom is -0.506 e. The van der Waals surface area contributed by atoms with E-state index in [9.17, 15) is 5.11 Å². The van der Waals surface area contributed by atoms with Crippen LogP contribution in [0.5, 0.6) is 5.75 Å². The maximum absolute atomic E-state index is 9.41. The molecule has 1 N–H and O–H groups in total. The molecule has 0 radical (unpaired) electrons. The Hall–Kier alpha value is -1.87. The summed E-state index contributed by atoms with van der Waals surface area (Å²) in [7, 11) is 0. The highest BCUT2D eigenvalue weighted by Crippen LogP contribution is 2.47. The van der Waals surface area contributed by atoms with Crippen molar-refractivity contribution in [2.24, 2.45) is 5.92 Å². The average Bonchev–Trinajstić information content (AvgIpc) is 3.20. The topological polar surface area (TPSA) is 42.4 Å². The van der Waals surface area contributed by atoms with Gasteiger partial charge in [0.25, 0.3) is 0 Å². The Morgan fingerprint density at radius 1 is 1.21 bits per heavy atom. The van der Waals surface area contributed by atoms with E-state index in [1.165, 1.54) is 11.8 Å². The largest absolute Gasteiger partial charge is 0.506 e. The zero-order valence-corrected chi connectivity index (χ0v) is 10.7. The average molecular weight is 255 g/mol. The van der Waals surface area contributed by atoms with Gasteiger partial charge in [-0.3, -0.25) is 4.98 Å². The SMILES string of the molecule is Oc1cncc(C2CC2COCc2ccccc2)c1. The van der Waals surface area contributed by atoms with Crippen LogP contribution in [-0.4, -0.2) is 16.7 Å². The molecular formula is C16H17NO2. The number of hydrogen-bond donors (Lipinski definition) is 1. The second-order valence-electron chi connectivity index (χ2n) is 5.08. The lowest BCUT2D eigenvalue weighted by molar-refractivity contribution is 0.110. The maximum atomic E-state index is 9.41. The number of hydrogen-bond acceptors (Lipinski definition) is 3. The van der Waals surface area contributed by atoms with E-state index in [-0.39, 0.29) is 5.75 Å². The van der Waals surface area contributed by atoms with E-state index < -0.39 is 0 Å². The van der Waals surface area contributed by atoms with Gasteiger partial charge >= 0.3 is 0 Å². The zero-order valence-electron chi connectivity index (χ0n) is 10.7. The summed E-state index contributed by atoms with van der Waals surface area (Å²) in [6, 6.07) is 12.0. The number of aromatic nitrogens is 1. The van der Waals surface area contributed by atoms with Crippen LogP contribution in [0, 0.1) is 5.92 Å². The van der Waals surface area contributed by atoms with E-state index in [0.717, 1.165) is 18.6 Å². The van der Waals surface area contributed by atoms with E-state index in [0.29, 0.717) is 18.4 Å². The third-order valence-electron chi connectivity index (χ3n) is 3.54. The second kappa shape index (κ2) is 5.41. The third kappa shape index (κ3) is 3.12. The zero-order chi connectivity index (χ0) is 13.1. The van der Waals surface area contributed by atoms with Gasteiger partial charge in [-0.25, -0.2) is 0 Å². The molecule has 1 aliphatic rings. The van der Waals surface area contributed by atoms with E-state index in [2.05, 4.69) is 17.1 Å². The van der Waals surface area contributed by atoms with Crippen LogP contribution in [0.3, 0.4) is 0 Å². The number of benzene rings is 1. The van der Waals surface area contributed by atoms with Crippen molar-refractivity contribution >= 4 is 0 Å². The van der Waals surface area contributed by atoms with Crippen molar-refractivity contribution < 1.29 is 9.84 Å². The molecule has 3 nitrogen and oxygen atoms in total. The van der Waals surface area contributed by atoms with E-state index in [1.54, 1.807) is 6.07 Å². The minimum absolute atomic E-state index is 0.244. The molecule has 0 bridgehead atoms. The van der Waals surface area contributed by atoms with E-state index >= 15 is 0 Å². The predicted molar refractivity (Wildman–Crippen MR) is 72.8 cm³/mol. The van der Waals surface area contributed by atoms with Crippen molar-refractivity contribution in [1.82, 2.24) is 4.98 Å². The van der Waals surface area contributed by atoms with Crippen LogP contribution in [0.2, 0.25) is 0 Å². The fourth-order valence-electron chi connectivity index (χ4n) is 2.39. The maximum Gasteiger partial charge on any atom is 0.134 e. The summed E-state index contributed by atoms with van der Waals surface area (Å²) in [5.41, 5.74) is 2.33. The van der Waals surface area contributed by atoms with Gasteiger partial charge in [0.05, 0.1) is 19.4 Å². The fourth-order valence-corrected chi connectivity index (χ4v) is 2.39. The molecule has 0 saturated heterocycles. The summed E-state index contributed by atoms with van der Waals surface area (Å²) in [6.07, 6.45) is 4.42. The molecule has 2 atom stereocenters. The number of rotatable bonds is 5. The Kier molecular flexibility index (Phi) is 3.47. The molecule has 1 heterocycles. The van der Waals surface area contributed by atoms with Crippen molar-refractivity contribution in [3.63, 3.8) is 0 Å². The Morgan fingerprint density at radius 2 is 2.05 bits per heavy atom. The number of nitrogens with zero attached hydrogens (tertiary/aromatic N) is 1. The first-order chi connectivity index (χ1) is 9.33. The highest BCUT2D eigenvalue weighted by Gasteiger charge is 2.38. The molecule has 1 aromatic carbocycles. The lowest BCUT2D eigenvalue weighted by Crippen LogP contribution is -1.98. The Balaban J connectivity index is 1.46. The standard InChI is InChI=1S/C16H17NO2/c18-15-6-13(8-17-9-15)16-7-14(16)11-19-10-12-4-2-1-3-5-12/h1-6,8-9,14,16,18H,7,10-11H2. The van der Waals surface area contributed by atoms with Crippen LogP contribution in [0.4, 0.5) is 0 Å². The van der Waals surface area contributed by atoms with Gasteiger partial charge < -0.3 is 9.84 Å². The van der Waals surface area contributed by atoms with Gasteiger partial charge in [0.2, 0.25) is 0 Å². The molecular weight excluding hydrogens is 238 g/mol.